The van der Waals surface area contributed by atoms with E-state index in [0.717, 1.165) is 25.7 Å². The highest BCUT2D eigenvalue weighted by Crippen LogP contribution is 2.30. The molecule has 34 heavy (non-hydrogen) atoms. The van der Waals surface area contributed by atoms with E-state index >= 15 is 0 Å². The van der Waals surface area contributed by atoms with Crippen LogP contribution in [0, 0.1) is 0 Å². The van der Waals surface area contributed by atoms with E-state index in [0.29, 0.717) is 14.9 Å². The highest BCUT2D eigenvalue weighted by molar-refractivity contribution is 7.90. The highest BCUT2D eigenvalue weighted by Gasteiger charge is 2.43. The lowest BCUT2D eigenvalue weighted by Gasteiger charge is -2.31. The minimum atomic E-state index is -4.16. The van der Waals surface area contributed by atoms with Crippen LogP contribution in [-0.4, -0.2) is 54.0 Å². The summed E-state index contributed by atoms with van der Waals surface area (Å²) in [5, 5.41) is 3.40. The van der Waals surface area contributed by atoms with Crippen LogP contribution in [-0.2, 0) is 26.2 Å². The van der Waals surface area contributed by atoms with Gasteiger partial charge in [0.1, 0.15) is 17.5 Å². The lowest BCUT2D eigenvalue weighted by Crippen LogP contribution is -2.52. The molecule has 1 atom stereocenters. The Labute approximate surface area is 203 Å². The standard InChI is InChI=1S/C24H26ClN3O5S/c1-16(23(30)26-18-9-3-4-10-18)27(14-17-8-2-6-12-20(17)25)22(29)15-28-24(31)19-11-5-7-13-21(19)34(28,32)33/h2,5-8,11-13,16,18H,3-4,9-10,14-15H2,1H3,(H,26,30)/t16-/m0/s1. The molecule has 0 unspecified atom stereocenters. The van der Waals surface area contributed by atoms with Crippen LogP contribution < -0.4 is 5.32 Å². The zero-order chi connectivity index (χ0) is 24.5. The Balaban J connectivity index is 1.59. The van der Waals surface area contributed by atoms with Crippen molar-refractivity contribution in [2.45, 2.75) is 56.1 Å². The van der Waals surface area contributed by atoms with Gasteiger partial charge < -0.3 is 10.2 Å². The summed E-state index contributed by atoms with van der Waals surface area (Å²) in [4.78, 5) is 40.4. The molecule has 2 aromatic carbocycles. The second-order valence-corrected chi connectivity index (χ2v) is 10.8. The van der Waals surface area contributed by atoms with Crippen molar-refractivity contribution in [3.05, 3.63) is 64.7 Å². The third-order valence-corrected chi connectivity index (χ3v) is 8.51. The molecule has 1 heterocycles. The molecule has 0 saturated heterocycles. The molecule has 3 amide bonds. The number of nitrogens with zero attached hydrogens (tertiary/aromatic N) is 2. The largest absolute Gasteiger partial charge is 0.352 e. The van der Waals surface area contributed by atoms with E-state index in [4.69, 9.17) is 11.6 Å². The number of rotatable bonds is 7. The molecule has 4 rings (SSSR count). The molecule has 0 aromatic heterocycles. The first kappa shape index (κ1) is 24.2. The molecule has 1 aliphatic carbocycles. The first-order valence-electron chi connectivity index (χ1n) is 11.2. The summed E-state index contributed by atoms with van der Waals surface area (Å²) >= 11 is 6.30. The summed E-state index contributed by atoms with van der Waals surface area (Å²) in [6.07, 6.45) is 3.85. The van der Waals surface area contributed by atoms with Gasteiger partial charge in [0, 0.05) is 17.6 Å². The van der Waals surface area contributed by atoms with Crippen molar-refractivity contribution < 1.29 is 22.8 Å². The highest BCUT2D eigenvalue weighted by atomic mass is 35.5. The smallest absolute Gasteiger partial charge is 0.269 e. The van der Waals surface area contributed by atoms with Gasteiger partial charge in [-0.2, -0.15) is 0 Å². The first-order chi connectivity index (χ1) is 16.2. The Kier molecular flexibility index (Phi) is 6.95. The molecule has 1 aliphatic heterocycles. The quantitative estimate of drug-likeness (QED) is 0.625. The van der Waals surface area contributed by atoms with E-state index in [1.807, 2.05) is 0 Å². The molecule has 0 bridgehead atoms. The molecular formula is C24H26ClN3O5S. The maximum absolute atomic E-state index is 13.4. The fourth-order valence-corrected chi connectivity index (χ4v) is 6.10. The van der Waals surface area contributed by atoms with Gasteiger partial charge in [0.2, 0.25) is 11.8 Å². The normalized spacial score (nSPS) is 17.9. The van der Waals surface area contributed by atoms with Crippen molar-refractivity contribution in [2.24, 2.45) is 0 Å². The van der Waals surface area contributed by atoms with Gasteiger partial charge >= 0.3 is 0 Å². The minimum Gasteiger partial charge on any atom is -0.352 e. The summed E-state index contributed by atoms with van der Waals surface area (Å²) in [6, 6.07) is 11.9. The molecule has 2 aromatic rings. The number of carbonyl (C=O) groups is 3. The van der Waals surface area contributed by atoms with Crippen LogP contribution in [0.1, 0.15) is 48.5 Å². The zero-order valence-electron chi connectivity index (χ0n) is 18.7. The predicted octanol–water partition coefficient (Wildman–Crippen LogP) is 2.96. The van der Waals surface area contributed by atoms with E-state index in [1.165, 1.54) is 23.1 Å². The Bertz CT molecular complexity index is 1230. The van der Waals surface area contributed by atoms with E-state index < -0.39 is 34.4 Å². The SMILES string of the molecule is C[C@@H](C(=O)NC1CCCC1)N(Cc1ccccc1Cl)C(=O)CN1C(=O)c2ccccc2S1(=O)=O. The van der Waals surface area contributed by atoms with Crippen molar-refractivity contribution in [1.29, 1.82) is 0 Å². The van der Waals surface area contributed by atoms with Crippen molar-refractivity contribution in [2.75, 3.05) is 6.54 Å². The number of benzene rings is 2. The van der Waals surface area contributed by atoms with Crippen molar-refractivity contribution in [3.63, 3.8) is 0 Å². The number of sulfonamides is 1. The topological polar surface area (TPSA) is 104 Å². The molecule has 2 aliphatic rings. The van der Waals surface area contributed by atoms with Crippen molar-refractivity contribution >= 4 is 39.3 Å². The summed E-state index contributed by atoms with van der Waals surface area (Å²) in [5.74, 6) is -1.75. The van der Waals surface area contributed by atoms with Crippen molar-refractivity contribution in [1.82, 2.24) is 14.5 Å². The fourth-order valence-electron chi connectivity index (χ4n) is 4.39. The Morgan fingerprint density at radius 3 is 2.44 bits per heavy atom. The maximum Gasteiger partial charge on any atom is 0.269 e. The fraction of sp³-hybridized carbons (Fsp3) is 0.375. The predicted molar refractivity (Wildman–Crippen MR) is 127 cm³/mol. The molecular weight excluding hydrogens is 478 g/mol. The van der Waals surface area contributed by atoms with Crippen LogP contribution in [0.15, 0.2) is 53.4 Å². The maximum atomic E-state index is 13.4. The average molecular weight is 504 g/mol. The molecule has 180 valence electrons. The van der Waals surface area contributed by atoms with E-state index in [1.54, 1.807) is 37.3 Å². The van der Waals surface area contributed by atoms with Crippen LogP contribution in [0.5, 0.6) is 0 Å². The second-order valence-electron chi connectivity index (χ2n) is 8.59. The summed E-state index contributed by atoms with van der Waals surface area (Å²) < 4.78 is 26.4. The number of amides is 3. The number of halogens is 1. The minimum absolute atomic E-state index is 0.00716. The van der Waals surface area contributed by atoms with Gasteiger partial charge in [0.05, 0.1) is 5.56 Å². The first-order valence-corrected chi connectivity index (χ1v) is 13.0. The molecule has 1 fully saturated rings. The van der Waals surface area contributed by atoms with E-state index in [-0.39, 0.29) is 29.0 Å². The number of hydrogen-bond donors (Lipinski definition) is 1. The second kappa shape index (κ2) is 9.76. The summed E-state index contributed by atoms with van der Waals surface area (Å²) in [7, 11) is -4.16. The van der Waals surface area contributed by atoms with E-state index in [9.17, 15) is 22.8 Å². The van der Waals surface area contributed by atoms with Gasteiger partial charge in [-0.3, -0.25) is 14.4 Å². The summed E-state index contributed by atoms with van der Waals surface area (Å²) in [6.45, 7) is 0.877. The number of nitrogens with one attached hydrogen (secondary N) is 1. The van der Waals surface area contributed by atoms with Crippen LogP contribution in [0.4, 0.5) is 0 Å². The average Bonchev–Trinajstić information content (AvgIpc) is 3.39. The molecule has 1 saturated carbocycles. The Morgan fingerprint density at radius 1 is 1.12 bits per heavy atom. The molecule has 10 heteroatoms. The Morgan fingerprint density at radius 2 is 1.76 bits per heavy atom. The van der Waals surface area contributed by atoms with Crippen molar-refractivity contribution in [3.8, 4) is 0 Å². The third kappa shape index (κ3) is 4.67. The third-order valence-electron chi connectivity index (χ3n) is 6.36. The monoisotopic (exact) mass is 503 g/mol. The van der Waals surface area contributed by atoms with Crippen LogP contribution in [0.25, 0.3) is 0 Å². The number of hydrogen-bond acceptors (Lipinski definition) is 5. The van der Waals surface area contributed by atoms with Gasteiger partial charge in [0.15, 0.2) is 0 Å². The van der Waals surface area contributed by atoms with E-state index in [2.05, 4.69) is 5.32 Å². The van der Waals surface area contributed by atoms with Gasteiger partial charge in [0.25, 0.3) is 15.9 Å². The van der Waals surface area contributed by atoms with Crippen LogP contribution in [0.2, 0.25) is 5.02 Å². The molecule has 0 spiro atoms. The lowest BCUT2D eigenvalue weighted by atomic mass is 10.1. The molecule has 1 N–H and O–H groups in total. The Hall–Kier alpha value is -2.91. The molecule has 8 nitrogen and oxygen atoms in total. The number of carbonyl (C=O) groups excluding carboxylic acids is 3. The lowest BCUT2D eigenvalue weighted by molar-refractivity contribution is -0.140. The summed E-state index contributed by atoms with van der Waals surface area (Å²) in [5.41, 5.74) is 0.636. The van der Waals surface area contributed by atoms with Gasteiger partial charge in [-0.05, 0) is 43.5 Å². The van der Waals surface area contributed by atoms with Gasteiger partial charge in [-0.15, -0.1) is 0 Å². The number of fused-ring (bicyclic) bond motifs is 1. The zero-order valence-corrected chi connectivity index (χ0v) is 20.3. The molecule has 0 radical (unpaired) electrons. The van der Waals surface area contributed by atoms with Gasteiger partial charge in [-0.25, -0.2) is 12.7 Å². The van der Waals surface area contributed by atoms with Gasteiger partial charge in [-0.1, -0.05) is 54.8 Å². The van der Waals surface area contributed by atoms with Crippen LogP contribution in [0.3, 0.4) is 0 Å². The van der Waals surface area contributed by atoms with Crippen LogP contribution >= 0.6 is 11.6 Å².